The van der Waals surface area contributed by atoms with Crippen LogP contribution >= 0.6 is 0 Å². The normalized spacial score (nSPS) is 15.8. The van der Waals surface area contributed by atoms with Crippen LogP contribution in [0.2, 0.25) is 0 Å². The second-order valence-electron chi connectivity index (χ2n) is 6.77. The highest BCUT2D eigenvalue weighted by Crippen LogP contribution is 2.19. The fraction of sp³-hybridized carbons (Fsp3) is 0.611. The molecule has 1 aliphatic rings. The Hall–Kier alpha value is -1.99. The van der Waals surface area contributed by atoms with Crippen LogP contribution in [0.5, 0.6) is 0 Å². The van der Waals surface area contributed by atoms with Crippen LogP contribution in [-0.2, 0) is 13.1 Å². The fourth-order valence-corrected chi connectivity index (χ4v) is 3.49. The third-order valence-electron chi connectivity index (χ3n) is 4.87. The summed E-state index contributed by atoms with van der Waals surface area (Å²) in [6.45, 7) is 13.7. The van der Waals surface area contributed by atoms with Gasteiger partial charge in [-0.15, -0.1) is 0 Å². The number of hydrogen-bond acceptors (Lipinski definition) is 6. The van der Waals surface area contributed by atoms with Crippen LogP contribution in [0.3, 0.4) is 0 Å². The van der Waals surface area contributed by atoms with E-state index in [1.54, 1.807) is 0 Å². The van der Waals surface area contributed by atoms with E-state index in [0.29, 0.717) is 6.54 Å². The van der Waals surface area contributed by atoms with Crippen molar-refractivity contribution in [2.24, 2.45) is 0 Å². The van der Waals surface area contributed by atoms with E-state index in [-0.39, 0.29) is 6.61 Å². The molecule has 0 saturated carbocycles. The number of piperazine rings is 1. The molecule has 7 nitrogen and oxygen atoms in total. The van der Waals surface area contributed by atoms with Gasteiger partial charge in [0.25, 0.3) is 0 Å². The standard InChI is InChI=1S/C18H28N6O/c1-13-11-18(20-16(4)19-13)23-7-5-22(6-8-23)12-17-14(2)21-24(9-10-25)15(17)3/h11,25H,5-10,12H2,1-4H3. The van der Waals surface area contributed by atoms with E-state index in [0.717, 1.165) is 61.4 Å². The van der Waals surface area contributed by atoms with Gasteiger partial charge in [0.2, 0.25) is 0 Å². The van der Waals surface area contributed by atoms with Crippen molar-refractivity contribution in [2.45, 2.75) is 40.8 Å². The van der Waals surface area contributed by atoms with Crippen LogP contribution in [0, 0.1) is 27.7 Å². The van der Waals surface area contributed by atoms with Crippen molar-refractivity contribution in [3.8, 4) is 0 Å². The summed E-state index contributed by atoms with van der Waals surface area (Å²) in [4.78, 5) is 13.7. The Bertz CT molecular complexity index is 713. The highest BCUT2D eigenvalue weighted by atomic mass is 16.3. The van der Waals surface area contributed by atoms with Gasteiger partial charge in [-0.25, -0.2) is 9.97 Å². The molecule has 2 aromatic heterocycles. The maximum Gasteiger partial charge on any atom is 0.132 e. The predicted molar refractivity (Wildman–Crippen MR) is 97.8 cm³/mol. The first-order valence-corrected chi connectivity index (χ1v) is 8.91. The minimum atomic E-state index is 0.123. The molecule has 0 aliphatic carbocycles. The number of aromatic nitrogens is 4. The summed E-state index contributed by atoms with van der Waals surface area (Å²) < 4.78 is 1.91. The van der Waals surface area contributed by atoms with E-state index in [9.17, 15) is 0 Å². The quantitative estimate of drug-likeness (QED) is 0.879. The van der Waals surface area contributed by atoms with Gasteiger partial charge in [-0.05, 0) is 27.7 Å². The summed E-state index contributed by atoms with van der Waals surface area (Å²) in [6.07, 6.45) is 0. The van der Waals surface area contributed by atoms with Gasteiger partial charge in [-0.1, -0.05) is 0 Å². The van der Waals surface area contributed by atoms with Gasteiger partial charge >= 0.3 is 0 Å². The first kappa shape index (κ1) is 17.8. The zero-order chi connectivity index (χ0) is 18.0. The van der Waals surface area contributed by atoms with Gasteiger partial charge in [-0.2, -0.15) is 5.10 Å². The van der Waals surface area contributed by atoms with E-state index in [1.165, 1.54) is 5.56 Å². The zero-order valence-corrected chi connectivity index (χ0v) is 15.7. The third-order valence-corrected chi connectivity index (χ3v) is 4.87. The van der Waals surface area contributed by atoms with Gasteiger partial charge < -0.3 is 10.0 Å². The Morgan fingerprint density at radius 1 is 1.04 bits per heavy atom. The largest absolute Gasteiger partial charge is 0.394 e. The molecule has 0 spiro atoms. The summed E-state index contributed by atoms with van der Waals surface area (Å²) in [5, 5.41) is 13.7. The first-order valence-electron chi connectivity index (χ1n) is 8.91. The van der Waals surface area contributed by atoms with Crippen molar-refractivity contribution in [3.05, 3.63) is 34.5 Å². The monoisotopic (exact) mass is 344 g/mol. The molecule has 7 heteroatoms. The molecule has 0 aromatic carbocycles. The van der Waals surface area contributed by atoms with Crippen molar-refractivity contribution < 1.29 is 5.11 Å². The van der Waals surface area contributed by atoms with Gasteiger partial charge in [-0.3, -0.25) is 9.58 Å². The molecule has 1 N–H and O–H groups in total. The van der Waals surface area contributed by atoms with E-state index in [2.05, 4.69) is 44.8 Å². The molecular weight excluding hydrogens is 316 g/mol. The smallest absolute Gasteiger partial charge is 0.132 e. The molecule has 0 radical (unpaired) electrons. The maximum absolute atomic E-state index is 9.15. The number of aliphatic hydroxyl groups is 1. The number of aryl methyl sites for hydroxylation is 3. The number of hydrogen-bond donors (Lipinski definition) is 1. The molecule has 3 rings (SSSR count). The molecule has 0 unspecified atom stereocenters. The zero-order valence-electron chi connectivity index (χ0n) is 15.7. The second kappa shape index (κ2) is 7.49. The van der Waals surface area contributed by atoms with Gasteiger partial charge in [0, 0.05) is 55.7 Å². The average molecular weight is 344 g/mol. The average Bonchev–Trinajstić information content (AvgIpc) is 2.83. The lowest BCUT2D eigenvalue weighted by Crippen LogP contribution is -2.46. The van der Waals surface area contributed by atoms with Gasteiger partial charge in [0.15, 0.2) is 0 Å². The van der Waals surface area contributed by atoms with Crippen LogP contribution in [0.4, 0.5) is 5.82 Å². The fourth-order valence-electron chi connectivity index (χ4n) is 3.49. The summed E-state index contributed by atoms with van der Waals surface area (Å²) in [7, 11) is 0. The Morgan fingerprint density at radius 3 is 2.40 bits per heavy atom. The number of anilines is 1. The van der Waals surface area contributed by atoms with Gasteiger partial charge in [0.1, 0.15) is 11.6 Å². The molecule has 1 fully saturated rings. The van der Waals surface area contributed by atoms with E-state index in [4.69, 9.17) is 5.11 Å². The minimum absolute atomic E-state index is 0.123. The molecule has 2 aromatic rings. The lowest BCUT2D eigenvalue weighted by Gasteiger charge is -2.35. The van der Waals surface area contributed by atoms with E-state index >= 15 is 0 Å². The Labute approximate surface area is 149 Å². The Morgan fingerprint density at radius 2 is 1.76 bits per heavy atom. The topological polar surface area (TPSA) is 70.3 Å². The molecule has 0 bridgehead atoms. The summed E-state index contributed by atoms with van der Waals surface area (Å²) in [5.74, 6) is 1.87. The summed E-state index contributed by atoms with van der Waals surface area (Å²) in [5.41, 5.74) is 4.54. The Kier molecular flexibility index (Phi) is 5.34. The SMILES string of the molecule is Cc1cc(N2CCN(Cc3c(C)nn(CCO)c3C)CC2)nc(C)n1. The lowest BCUT2D eigenvalue weighted by atomic mass is 10.1. The van der Waals surface area contributed by atoms with Crippen LogP contribution in [0.15, 0.2) is 6.07 Å². The van der Waals surface area contributed by atoms with Gasteiger partial charge in [0.05, 0.1) is 18.8 Å². The minimum Gasteiger partial charge on any atom is -0.394 e. The Balaban J connectivity index is 1.63. The number of rotatable bonds is 5. The molecule has 3 heterocycles. The molecular formula is C18H28N6O. The highest BCUT2D eigenvalue weighted by Gasteiger charge is 2.21. The van der Waals surface area contributed by atoms with Crippen LogP contribution in [0.1, 0.15) is 28.5 Å². The predicted octanol–water partition coefficient (Wildman–Crippen LogP) is 1.22. The van der Waals surface area contributed by atoms with Crippen LogP contribution in [0.25, 0.3) is 0 Å². The lowest BCUT2D eigenvalue weighted by molar-refractivity contribution is 0.247. The number of aliphatic hydroxyl groups excluding tert-OH is 1. The first-order chi connectivity index (χ1) is 12.0. The second-order valence-corrected chi connectivity index (χ2v) is 6.77. The third kappa shape index (κ3) is 3.99. The van der Waals surface area contributed by atoms with Crippen molar-refractivity contribution >= 4 is 5.82 Å². The van der Waals surface area contributed by atoms with Crippen molar-refractivity contribution in [2.75, 3.05) is 37.7 Å². The summed E-state index contributed by atoms with van der Waals surface area (Å²) >= 11 is 0. The van der Waals surface area contributed by atoms with Crippen molar-refractivity contribution in [3.63, 3.8) is 0 Å². The van der Waals surface area contributed by atoms with E-state index in [1.807, 2.05) is 18.5 Å². The van der Waals surface area contributed by atoms with E-state index < -0.39 is 0 Å². The molecule has 0 atom stereocenters. The summed E-state index contributed by atoms with van der Waals surface area (Å²) in [6, 6.07) is 2.07. The maximum atomic E-state index is 9.15. The van der Waals surface area contributed by atoms with Crippen molar-refractivity contribution in [1.82, 2.24) is 24.6 Å². The van der Waals surface area contributed by atoms with Crippen molar-refractivity contribution in [1.29, 1.82) is 0 Å². The molecule has 1 saturated heterocycles. The number of nitrogens with zero attached hydrogens (tertiary/aromatic N) is 6. The van der Waals surface area contributed by atoms with Crippen LogP contribution < -0.4 is 4.90 Å². The highest BCUT2D eigenvalue weighted by molar-refractivity contribution is 5.40. The molecule has 0 amide bonds. The van der Waals surface area contributed by atoms with Crippen LogP contribution in [-0.4, -0.2) is 62.5 Å². The molecule has 25 heavy (non-hydrogen) atoms. The molecule has 1 aliphatic heterocycles. The molecule has 136 valence electrons.